The van der Waals surface area contributed by atoms with Crippen LogP contribution in [0.25, 0.3) is 0 Å². The molecule has 108 valence electrons. The average Bonchev–Trinajstić information content (AvgIpc) is 2.48. The van der Waals surface area contributed by atoms with Crippen LogP contribution >= 0.6 is 22.6 Å². The molecule has 0 aliphatic carbocycles. The molecule has 0 saturated heterocycles. The fourth-order valence-electron chi connectivity index (χ4n) is 1.88. The molecule has 0 fully saturated rings. The van der Waals surface area contributed by atoms with Crippen molar-refractivity contribution in [3.63, 3.8) is 0 Å². The van der Waals surface area contributed by atoms with Crippen molar-refractivity contribution in [3.8, 4) is 0 Å². The molecule has 0 radical (unpaired) electrons. The maximum atomic E-state index is 12.3. The van der Waals surface area contributed by atoms with Gasteiger partial charge in [-0.25, -0.2) is 4.79 Å². The third kappa shape index (κ3) is 3.60. The monoisotopic (exact) mass is 395 g/mol. The van der Waals surface area contributed by atoms with Gasteiger partial charge in [0.15, 0.2) is 0 Å². The minimum absolute atomic E-state index is 0.256. The summed E-state index contributed by atoms with van der Waals surface area (Å²) in [5.41, 5.74) is 2.27. The van der Waals surface area contributed by atoms with E-state index in [0.717, 1.165) is 9.13 Å². The van der Waals surface area contributed by atoms with Gasteiger partial charge in [0, 0.05) is 3.57 Å². The van der Waals surface area contributed by atoms with Crippen molar-refractivity contribution in [2.45, 2.75) is 6.92 Å². The van der Waals surface area contributed by atoms with Crippen LogP contribution in [-0.4, -0.2) is 19.0 Å². The molecule has 2 rings (SSSR count). The lowest BCUT2D eigenvalue weighted by Gasteiger charge is -2.11. The van der Waals surface area contributed by atoms with Crippen molar-refractivity contribution in [2.75, 3.05) is 12.4 Å². The Morgan fingerprint density at radius 3 is 2.48 bits per heavy atom. The van der Waals surface area contributed by atoms with Gasteiger partial charge in [0.2, 0.25) is 0 Å². The number of anilines is 1. The van der Waals surface area contributed by atoms with Crippen molar-refractivity contribution < 1.29 is 14.3 Å². The van der Waals surface area contributed by atoms with E-state index < -0.39 is 5.97 Å². The highest BCUT2D eigenvalue weighted by Crippen LogP contribution is 2.20. The van der Waals surface area contributed by atoms with Crippen molar-refractivity contribution in [3.05, 3.63) is 62.7 Å². The second kappa shape index (κ2) is 6.71. The molecule has 0 aromatic heterocycles. The Labute approximate surface area is 136 Å². The van der Waals surface area contributed by atoms with Gasteiger partial charge in [0.25, 0.3) is 5.91 Å². The Balaban J connectivity index is 2.34. The minimum atomic E-state index is -0.475. The molecule has 21 heavy (non-hydrogen) atoms. The molecule has 0 aliphatic heterocycles. The molecule has 2 aromatic rings. The minimum Gasteiger partial charge on any atom is -0.465 e. The quantitative estimate of drug-likeness (QED) is 0.638. The lowest BCUT2D eigenvalue weighted by Crippen LogP contribution is -2.16. The van der Waals surface area contributed by atoms with Crippen LogP contribution in [0.15, 0.2) is 42.5 Å². The van der Waals surface area contributed by atoms with Crippen LogP contribution in [0.1, 0.15) is 26.3 Å². The van der Waals surface area contributed by atoms with E-state index in [-0.39, 0.29) is 5.91 Å². The Morgan fingerprint density at radius 1 is 1.10 bits per heavy atom. The SMILES string of the molecule is COC(=O)c1cc(C)ccc1NC(=O)c1ccccc1I. The number of ether oxygens (including phenoxy) is 1. The first-order valence-electron chi connectivity index (χ1n) is 6.27. The predicted molar refractivity (Wildman–Crippen MR) is 89.6 cm³/mol. The highest BCUT2D eigenvalue weighted by atomic mass is 127. The van der Waals surface area contributed by atoms with Gasteiger partial charge < -0.3 is 10.1 Å². The molecule has 0 saturated carbocycles. The van der Waals surface area contributed by atoms with Gasteiger partial charge in [-0.15, -0.1) is 0 Å². The highest BCUT2D eigenvalue weighted by molar-refractivity contribution is 14.1. The van der Waals surface area contributed by atoms with Crippen molar-refractivity contribution in [1.82, 2.24) is 0 Å². The molecule has 5 heteroatoms. The van der Waals surface area contributed by atoms with Crippen LogP contribution in [0.3, 0.4) is 0 Å². The average molecular weight is 395 g/mol. The topological polar surface area (TPSA) is 55.4 Å². The van der Waals surface area contributed by atoms with Gasteiger partial charge in [0.05, 0.1) is 23.9 Å². The standard InChI is InChI=1S/C16H14INO3/c1-10-7-8-14(12(9-10)16(20)21-2)18-15(19)11-5-3-4-6-13(11)17/h3-9H,1-2H3,(H,18,19). The number of hydrogen-bond donors (Lipinski definition) is 1. The summed E-state index contributed by atoms with van der Waals surface area (Å²) in [6, 6.07) is 12.5. The number of hydrogen-bond acceptors (Lipinski definition) is 3. The Bertz CT molecular complexity index is 698. The third-order valence-corrected chi connectivity index (χ3v) is 3.89. The van der Waals surface area contributed by atoms with Crippen LogP contribution in [-0.2, 0) is 4.74 Å². The zero-order valence-corrected chi connectivity index (χ0v) is 13.8. The van der Waals surface area contributed by atoms with E-state index in [1.807, 2.05) is 25.1 Å². The van der Waals surface area contributed by atoms with E-state index in [4.69, 9.17) is 4.74 Å². The van der Waals surface area contributed by atoms with E-state index in [2.05, 4.69) is 27.9 Å². The van der Waals surface area contributed by atoms with Crippen LogP contribution in [0.4, 0.5) is 5.69 Å². The first kappa shape index (κ1) is 15.5. The van der Waals surface area contributed by atoms with Crippen LogP contribution in [0, 0.1) is 10.5 Å². The summed E-state index contributed by atoms with van der Waals surface area (Å²) in [6.45, 7) is 1.87. The highest BCUT2D eigenvalue weighted by Gasteiger charge is 2.16. The van der Waals surface area contributed by atoms with E-state index in [1.54, 1.807) is 24.3 Å². The Hall–Kier alpha value is -1.89. The van der Waals surface area contributed by atoms with Gasteiger partial charge in [-0.1, -0.05) is 23.8 Å². The number of esters is 1. The number of methoxy groups -OCH3 is 1. The maximum absolute atomic E-state index is 12.3. The number of rotatable bonds is 3. The van der Waals surface area contributed by atoms with Crippen molar-refractivity contribution in [2.24, 2.45) is 0 Å². The Morgan fingerprint density at radius 2 is 1.81 bits per heavy atom. The lowest BCUT2D eigenvalue weighted by molar-refractivity contribution is 0.0602. The molecule has 0 unspecified atom stereocenters. The molecule has 0 atom stereocenters. The zero-order valence-electron chi connectivity index (χ0n) is 11.6. The molecular weight excluding hydrogens is 381 g/mol. The fraction of sp³-hybridized carbons (Fsp3) is 0.125. The molecule has 0 heterocycles. The summed E-state index contributed by atoms with van der Waals surface area (Å²) in [5.74, 6) is -0.731. The number of halogens is 1. The molecule has 2 aromatic carbocycles. The first-order valence-corrected chi connectivity index (χ1v) is 7.35. The molecule has 0 aliphatic rings. The molecule has 4 nitrogen and oxygen atoms in total. The summed E-state index contributed by atoms with van der Waals surface area (Å²) >= 11 is 2.10. The first-order chi connectivity index (χ1) is 10.0. The smallest absolute Gasteiger partial charge is 0.339 e. The maximum Gasteiger partial charge on any atom is 0.339 e. The number of amides is 1. The van der Waals surface area contributed by atoms with Crippen LogP contribution < -0.4 is 5.32 Å². The van der Waals surface area contributed by atoms with E-state index >= 15 is 0 Å². The van der Waals surface area contributed by atoms with Crippen molar-refractivity contribution in [1.29, 1.82) is 0 Å². The Kier molecular flexibility index (Phi) is 4.95. The second-order valence-corrected chi connectivity index (χ2v) is 5.64. The van der Waals surface area contributed by atoms with Gasteiger partial charge in [-0.05, 0) is 53.8 Å². The number of aryl methyl sites for hydroxylation is 1. The normalized spacial score (nSPS) is 10.0. The number of carbonyl (C=O) groups excluding carboxylic acids is 2. The summed E-state index contributed by atoms with van der Waals surface area (Å²) < 4.78 is 5.60. The van der Waals surface area contributed by atoms with Crippen LogP contribution in [0.2, 0.25) is 0 Å². The lowest BCUT2D eigenvalue weighted by atomic mass is 10.1. The summed E-state index contributed by atoms with van der Waals surface area (Å²) in [6.07, 6.45) is 0. The second-order valence-electron chi connectivity index (χ2n) is 4.47. The number of benzene rings is 2. The number of carbonyl (C=O) groups is 2. The summed E-state index contributed by atoms with van der Waals surface area (Å²) in [5, 5.41) is 2.77. The molecule has 1 N–H and O–H groups in total. The predicted octanol–water partition coefficient (Wildman–Crippen LogP) is 3.64. The molecule has 1 amide bonds. The van der Waals surface area contributed by atoms with Gasteiger partial charge in [-0.3, -0.25) is 4.79 Å². The van der Waals surface area contributed by atoms with E-state index in [9.17, 15) is 9.59 Å². The summed E-state index contributed by atoms with van der Waals surface area (Å²) in [7, 11) is 1.32. The zero-order chi connectivity index (χ0) is 15.4. The van der Waals surface area contributed by atoms with Gasteiger partial charge in [0.1, 0.15) is 0 Å². The molecule has 0 bridgehead atoms. The largest absolute Gasteiger partial charge is 0.465 e. The molecule has 0 spiro atoms. The van der Waals surface area contributed by atoms with E-state index in [0.29, 0.717) is 16.8 Å². The van der Waals surface area contributed by atoms with Gasteiger partial charge in [-0.2, -0.15) is 0 Å². The number of nitrogens with one attached hydrogen (secondary N) is 1. The fourth-order valence-corrected chi connectivity index (χ4v) is 2.51. The van der Waals surface area contributed by atoms with E-state index in [1.165, 1.54) is 7.11 Å². The molecular formula is C16H14INO3. The van der Waals surface area contributed by atoms with Gasteiger partial charge >= 0.3 is 5.97 Å². The van der Waals surface area contributed by atoms with Crippen LogP contribution in [0.5, 0.6) is 0 Å². The summed E-state index contributed by atoms with van der Waals surface area (Å²) in [4.78, 5) is 24.1. The van der Waals surface area contributed by atoms with Crippen molar-refractivity contribution >= 4 is 40.2 Å². The third-order valence-electron chi connectivity index (χ3n) is 2.95.